The quantitative estimate of drug-likeness (QED) is 0.514. The van der Waals surface area contributed by atoms with Crippen LogP contribution in [0.25, 0.3) is 0 Å². The number of pyridine rings is 3. The molecule has 3 rings (SSSR count). The number of aliphatic hydroxyl groups excluding tert-OH is 1. The zero-order chi connectivity index (χ0) is 22.1. The molecule has 31 heavy (non-hydrogen) atoms. The van der Waals surface area contributed by atoms with Crippen molar-refractivity contribution in [2.45, 2.75) is 40.4 Å². The molecule has 0 atom stereocenters. The smallest absolute Gasteiger partial charge is 0.0558 e. The summed E-state index contributed by atoms with van der Waals surface area (Å²) in [5.41, 5.74) is 6.59. The monoisotopic (exact) mass is 419 g/mol. The number of aliphatic hydroxyl groups is 1. The summed E-state index contributed by atoms with van der Waals surface area (Å²) in [5.74, 6) is 0. The average Bonchev–Trinajstić information content (AvgIpc) is 2.76. The summed E-state index contributed by atoms with van der Waals surface area (Å²) < 4.78 is 0. The highest BCUT2D eigenvalue weighted by molar-refractivity contribution is 5.14. The first-order chi connectivity index (χ1) is 15.0. The number of hydrogen-bond acceptors (Lipinski definition) is 6. The van der Waals surface area contributed by atoms with Crippen molar-refractivity contribution in [2.24, 2.45) is 0 Å². The second-order valence-corrected chi connectivity index (χ2v) is 8.19. The highest BCUT2D eigenvalue weighted by Gasteiger charge is 2.13. The summed E-state index contributed by atoms with van der Waals surface area (Å²) in [6, 6.07) is 12.5. The Morgan fingerprint density at radius 1 is 0.581 bits per heavy atom. The van der Waals surface area contributed by atoms with Crippen molar-refractivity contribution in [2.75, 3.05) is 26.2 Å². The second kappa shape index (κ2) is 11.6. The van der Waals surface area contributed by atoms with Gasteiger partial charge in [-0.1, -0.05) is 18.2 Å². The second-order valence-electron chi connectivity index (χ2n) is 8.19. The lowest BCUT2D eigenvalue weighted by atomic mass is 10.2. The SMILES string of the molecule is Cc1ccc(CN(CCO)CCN(Cc2ccc(C)cn2)Cc2ccc(C)cn2)nc1. The Morgan fingerprint density at radius 2 is 0.968 bits per heavy atom. The lowest BCUT2D eigenvalue weighted by molar-refractivity contribution is 0.155. The summed E-state index contributed by atoms with van der Waals surface area (Å²) in [7, 11) is 0. The molecular weight excluding hydrogens is 386 g/mol. The third-order valence-electron chi connectivity index (χ3n) is 5.22. The molecule has 0 bridgehead atoms. The van der Waals surface area contributed by atoms with Crippen molar-refractivity contribution in [3.8, 4) is 0 Å². The fraction of sp³-hybridized carbons (Fsp3) is 0.400. The Labute approximate surface area is 185 Å². The van der Waals surface area contributed by atoms with Gasteiger partial charge in [-0.15, -0.1) is 0 Å². The molecule has 164 valence electrons. The summed E-state index contributed by atoms with van der Waals surface area (Å²) in [6.45, 7) is 10.8. The molecule has 0 spiro atoms. The van der Waals surface area contributed by atoms with E-state index in [1.807, 2.05) is 25.5 Å². The van der Waals surface area contributed by atoms with Gasteiger partial charge in [-0.25, -0.2) is 0 Å². The van der Waals surface area contributed by atoms with Crippen molar-refractivity contribution in [1.29, 1.82) is 0 Å². The Balaban J connectivity index is 1.67. The van der Waals surface area contributed by atoms with Crippen LogP contribution in [0.4, 0.5) is 0 Å². The molecule has 6 nitrogen and oxygen atoms in total. The maximum atomic E-state index is 9.55. The van der Waals surface area contributed by atoms with E-state index in [2.05, 4.69) is 75.0 Å². The molecule has 0 saturated heterocycles. The van der Waals surface area contributed by atoms with Crippen molar-refractivity contribution in [1.82, 2.24) is 24.8 Å². The fourth-order valence-electron chi connectivity index (χ4n) is 3.37. The molecule has 3 aromatic heterocycles. The van der Waals surface area contributed by atoms with Crippen LogP contribution in [-0.4, -0.2) is 56.1 Å². The van der Waals surface area contributed by atoms with Crippen LogP contribution in [0.5, 0.6) is 0 Å². The largest absolute Gasteiger partial charge is 0.395 e. The van der Waals surface area contributed by atoms with Crippen molar-refractivity contribution in [3.05, 3.63) is 88.8 Å². The van der Waals surface area contributed by atoms with Crippen LogP contribution < -0.4 is 0 Å². The first-order valence-corrected chi connectivity index (χ1v) is 10.8. The molecule has 0 aliphatic rings. The molecule has 1 N–H and O–H groups in total. The van der Waals surface area contributed by atoms with Gasteiger partial charge in [-0.05, 0) is 55.7 Å². The average molecular weight is 420 g/mol. The normalized spacial score (nSPS) is 11.4. The lowest BCUT2D eigenvalue weighted by Crippen LogP contribution is -2.36. The van der Waals surface area contributed by atoms with Crippen molar-refractivity contribution >= 4 is 0 Å². The standard InChI is InChI=1S/C25H33N5O/c1-20-4-7-23(26-14-20)17-29(12-13-31)10-11-30(18-24-8-5-21(2)15-27-24)19-25-9-6-22(3)16-28-25/h4-9,14-16,31H,10-13,17-19H2,1-3H3. The maximum Gasteiger partial charge on any atom is 0.0558 e. The number of rotatable bonds is 11. The Bertz CT molecular complexity index is 863. The van der Waals surface area contributed by atoms with E-state index in [9.17, 15) is 5.11 Å². The first-order valence-electron chi connectivity index (χ1n) is 10.8. The van der Waals surface area contributed by atoms with Gasteiger partial charge in [-0.2, -0.15) is 0 Å². The molecule has 0 amide bonds. The van der Waals surface area contributed by atoms with Crippen LogP contribution in [0, 0.1) is 20.8 Å². The van der Waals surface area contributed by atoms with Gasteiger partial charge in [0, 0.05) is 57.9 Å². The van der Waals surface area contributed by atoms with Gasteiger partial charge in [-0.3, -0.25) is 24.8 Å². The van der Waals surface area contributed by atoms with Gasteiger partial charge in [0.25, 0.3) is 0 Å². The molecule has 3 heterocycles. The van der Waals surface area contributed by atoms with Gasteiger partial charge < -0.3 is 5.11 Å². The van der Waals surface area contributed by atoms with E-state index in [4.69, 9.17) is 0 Å². The summed E-state index contributed by atoms with van der Waals surface area (Å²) >= 11 is 0. The number of aromatic nitrogens is 3. The third-order valence-corrected chi connectivity index (χ3v) is 5.22. The number of nitrogens with zero attached hydrogens (tertiary/aromatic N) is 5. The molecular formula is C25H33N5O. The Kier molecular flexibility index (Phi) is 8.64. The summed E-state index contributed by atoms with van der Waals surface area (Å²) in [5, 5.41) is 9.55. The van der Waals surface area contributed by atoms with Crippen LogP contribution >= 0.6 is 0 Å². The van der Waals surface area contributed by atoms with Crippen LogP contribution in [0.3, 0.4) is 0 Å². The molecule has 0 radical (unpaired) electrons. The van der Waals surface area contributed by atoms with Crippen LogP contribution in [-0.2, 0) is 19.6 Å². The van der Waals surface area contributed by atoms with E-state index in [0.29, 0.717) is 6.54 Å². The van der Waals surface area contributed by atoms with Gasteiger partial charge in [0.2, 0.25) is 0 Å². The Morgan fingerprint density at radius 3 is 1.32 bits per heavy atom. The van der Waals surface area contributed by atoms with Gasteiger partial charge in [0.1, 0.15) is 0 Å². The molecule has 3 aromatic rings. The van der Waals surface area contributed by atoms with Gasteiger partial charge >= 0.3 is 0 Å². The molecule has 0 aliphatic heterocycles. The van der Waals surface area contributed by atoms with Crippen LogP contribution in [0.1, 0.15) is 33.8 Å². The topological polar surface area (TPSA) is 65.4 Å². The summed E-state index contributed by atoms with van der Waals surface area (Å²) in [6.07, 6.45) is 5.72. The van der Waals surface area contributed by atoms with E-state index in [1.165, 1.54) is 0 Å². The van der Waals surface area contributed by atoms with Gasteiger partial charge in [0.05, 0.1) is 23.7 Å². The van der Waals surface area contributed by atoms with E-state index < -0.39 is 0 Å². The van der Waals surface area contributed by atoms with E-state index >= 15 is 0 Å². The number of hydrogen-bond donors (Lipinski definition) is 1. The third kappa shape index (κ3) is 7.83. The van der Waals surface area contributed by atoms with E-state index in [-0.39, 0.29) is 6.61 Å². The predicted molar refractivity (Wildman–Crippen MR) is 123 cm³/mol. The summed E-state index contributed by atoms with van der Waals surface area (Å²) in [4.78, 5) is 18.3. The maximum absolute atomic E-state index is 9.55. The highest BCUT2D eigenvalue weighted by Crippen LogP contribution is 2.10. The Hall–Kier alpha value is -2.67. The molecule has 0 unspecified atom stereocenters. The number of aryl methyl sites for hydroxylation is 3. The van der Waals surface area contributed by atoms with Crippen molar-refractivity contribution in [3.63, 3.8) is 0 Å². The van der Waals surface area contributed by atoms with Crippen molar-refractivity contribution < 1.29 is 5.11 Å². The molecule has 0 aliphatic carbocycles. The van der Waals surface area contributed by atoms with E-state index in [1.54, 1.807) is 0 Å². The minimum atomic E-state index is 0.130. The zero-order valence-electron chi connectivity index (χ0n) is 18.8. The highest BCUT2D eigenvalue weighted by atomic mass is 16.3. The fourth-order valence-corrected chi connectivity index (χ4v) is 3.37. The van der Waals surface area contributed by atoms with E-state index in [0.717, 1.165) is 66.5 Å². The zero-order valence-corrected chi connectivity index (χ0v) is 18.8. The minimum absolute atomic E-state index is 0.130. The minimum Gasteiger partial charge on any atom is -0.395 e. The molecule has 0 aromatic carbocycles. The predicted octanol–water partition coefficient (Wildman–Crippen LogP) is 3.29. The first kappa shape index (κ1) is 23.0. The van der Waals surface area contributed by atoms with Crippen LogP contribution in [0.15, 0.2) is 55.0 Å². The molecule has 0 saturated carbocycles. The lowest BCUT2D eigenvalue weighted by Gasteiger charge is -2.27. The van der Waals surface area contributed by atoms with Crippen LogP contribution in [0.2, 0.25) is 0 Å². The molecule has 6 heteroatoms. The molecule has 0 fully saturated rings. The van der Waals surface area contributed by atoms with Gasteiger partial charge in [0.15, 0.2) is 0 Å².